The topological polar surface area (TPSA) is 90.7 Å². The van der Waals surface area contributed by atoms with Crippen LogP contribution in [0.4, 0.5) is 0 Å². The predicted molar refractivity (Wildman–Crippen MR) is 99.8 cm³/mol. The van der Waals surface area contributed by atoms with E-state index in [4.69, 9.17) is 4.74 Å². The number of hydrogen-bond donors (Lipinski definition) is 3. The van der Waals surface area contributed by atoms with Crippen LogP contribution in [0.15, 0.2) is 30.5 Å². The lowest BCUT2D eigenvalue weighted by atomic mass is 10.0. The highest BCUT2D eigenvalue weighted by molar-refractivity contribution is 6.12. The van der Waals surface area contributed by atoms with Gasteiger partial charge in [0, 0.05) is 28.0 Å². The van der Waals surface area contributed by atoms with Crippen LogP contribution in [-0.4, -0.2) is 33.3 Å². The average molecular weight is 349 g/mol. The fourth-order valence-corrected chi connectivity index (χ4v) is 3.53. The summed E-state index contributed by atoms with van der Waals surface area (Å²) in [5, 5.41) is 1.89. The largest absolute Gasteiger partial charge is 0.461 e. The van der Waals surface area contributed by atoms with E-state index in [0.717, 1.165) is 32.9 Å². The number of nitrogens with one attached hydrogen (secondary N) is 3. The molecule has 0 spiro atoms. The molecule has 3 N–H and O–H groups in total. The van der Waals surface area contributed by atoms with Gasteiger partial charge in [0.1, 0.15) is 5.69 Å². The van der Waals surface area contributed by atoms with Gasteiger partial charge in [-0.05, 0) is 56.2 Å². The van der Waals surface area contributed by atoms with Crippen molar-refractivity contribution >= 4 is 33.6 Å². The maximum atomic E-state index is 12.6. The van der Waals surface area contributed by atoms with Gasteiger partial charge < -0.3 is 19.7 Å². The van der Waals surface area contributed by atoms with Gasteiger partial charge in [0.05, 0.1) is 18.0 Å². The van der Waals surface area contributed by atoms with Gasteiger partial charge in [0.2, 0.25) is 5.78 Å². The summed E-state index contributed by atoms with van der Waals surface area (Å²) < 4.78 is 5.12. The summed E-state index contributed by atoms with van der Waals surface area (Å²) in [5.41, 5.74) is 5.14. The van der Waals surface area contributed by atoms with E-state index in [-0.39, 0.29) is 11.8 Å². The first-order valence-corrected chi connectivity index (χ1v) is 8.51. The maximum Gasteiger partial charge on any atom is 0.355 e. The number of ketones is 1. The Kier molecular flexibility index (Phi) is 3.68. The molecule has 0 radical (unpaired) electrons. The molecule has 26 heavy (non-hydrogen) atoms. The summed E-state index contributed by atoms with van der Waals surface area (Å²) in [5.74, 6) is -0.440. The van der Waals surface area contributed by atoms with Gasteiger partial charge in [0.25, 0.3) is 0 Å². The van der Waals surface area contributed by atoms with E-state index < -0.39 is 0 Å². The van der Waals surface area contributed by atoms with E-state index in [9.17, 15) is 9.59 Å². The molecule has 0 saturated carbocycles. The van der Waals surface area contributed by atoms with Crippen LogP contribution >= 0.6 is 0 Å². The van der Waals surface area contributed by atoms with Crippen LogP contribution in [0.3, 0.4) is 0 Å². The van der Waals surface area contributed by atoms with E-state index in [1.807, 2.05) is 26.0 Å². The molecule has 0 aliphatic heterocycles. The number of ether oxygens (including phenoxy) is 1. The molecular formula is C20H19N3O3. The van der Waals surface area contributed by atoms with Crippen LogP contribution < -0.4 is 0 Å². The third-order valence-corrected chi connectivity index (χ3v) is 4.74. The predicted octanol–water partition coefficient (Wildman–Crippen LogP) is 4.00. The molecule has 0 unspecified atom stereocenters. The van der Waals surface area contributed by atoms with Gasteiger partial charge in [0.15, 0.2) is 0 Å². The monoisotopic (exact) mass is 349 g/mol. The van der Waals surface area contributed by atoms with Gasteiger partial charge in [-0.25, -0.2) is 4.79 Å². The summed E-state index contributed by atoms with van der Waals surface area (Å²) in [6.07, 6.45) is 1.73. The van der Waals surface area contributed by atoms with Crippen LogP contribution in [0.25, 0.3) is 21.8 Å². The van der Waals surface area contributed by atoms with Crippen molar-refractivity contribution in [3.8, 4) is 0 Å². The zero-order chi connectivity index (χ0) is 18.4. The standard InChI is InChI=1S/C20H19N3O3/c1-4-26-20(25)18-11(3)16-10(2)17-12(8-14(16)22-18)9-15(23-17)19(24)13-6-5-7-21-13/h5-9,21-23H,4H2,1-3H3. The minimum atomic E-state index is -0.355. The Labute approximate surface area is 149 Å². The van der Waals surface area contributed by atoms with Gasteiger partial charge in [-0.2, -0.15) is 0 Å². The number of esters is 1. The molecule has 0 aliphatic carbocycles. The number of benzene rings is 1. The zero-order valence-electron chi connectivity index (χ0n) is 14.8. The molecule has 3 aromatic heterocycles. The fraction of sp³-hybridized carbons (Fsp3) is 0.200. The van der Waals surface area contributed by atoms with Crippen molar-refractivity contribution in [3.63, 3.8) is 0 Å². The zero-order valence-corrected chi connectivity index (χ0v) is 14.8. The number of rotatable bonds is 4. The van der Waals surface area contributed by atoms with Crippen molar-refractivity contribution in [1.29, 1.82) is 0 Å². The van der Waals surface area contributed by atoms with Crippen molar-refractivity contribution in [1.82, 2.24) is 15.0 Å². The summed E-state index contributed by atoms with van der Waals surface area (Å²) >= 11 is 0. The molecule has 1 aromatic carbocycles. The highest BCUT2D eigenvalue weighted by atomic mass is 16.5. The van der Waals surface area contributed by atoms with E-state index in [1.165, 1.54) is 0 Å². The molecule has 4 rings (SSSR count). The molecular weight excluding hydrogens is 330 g/mol. The van der Waals surface area contributed by atoms with Crippen molar-refractivity contribution < 1.29 is 14.3 Å². The average Bonchev–Trinajstić information content (AvgIpc) is 3.33. The van der Waals surface area contributed by atoms with Gasteiger partial charge >= 0.3 is 5.97 Å². The molecule has 0 fully saturated rings. The molecule has 0 saturated heterocycles. The Bertz CT molecular complexity index is 1150. The Hall–Kier alpha value is -3.28. The normalized spacial score (nSPS) is 11.3. The van der Waals surface area contributed by atoms with Gasteiger partial charge in [-0.1, -0.05) is 0 Å². The molecule has 0 aliphatic rings. The highest BCUT2D eigenvalue weighted by Crippen LogP contribution is 2.32. The van der Waals surface area contributed by atoms with Crippen LogP contribution in [0.5, 0.6) is 0 Å². The third kappa shape index (κ3) is 2.34. The molecule has 6 heteroatoms. The fourth-order valence-electron chi connectivity index (χ4n) is 3.53. The first-order valence-electron chi connectivity index (χ1n) is 8.51. The Balaban J connectivity index is 1.88. The minimum Gasteiger partial charge on any atom is -0.461 e. The van der Waals surface area contributed by atoms with Gasteiger partial charge in [-0.15, -0.1) is 0 Å². The quantitative estimate of drug-likeness (QED) is 0.384. The number of carbonyl (C=O) groups is 2. The minimum absolute atomic E-state index is 0.0850. The molecule has 3 heterocycles. The van der Waals surface area contributed by atoms with E-state index in [2.05, 4.69) is 15.0 Å². The lowest BCUT2D eigenvalue weighted by molar-refractivity contribution is 0.0519. The summed E-state index contributed by atoms with van der Waals surface area (Å²) in [7, 11) is 0. The Morgan fingerprint density at radius 2 is 1.88 bits per heavy atom. The van der Waals surface area contributed by atoms with E-state index >= 15 is 0 Å². The summed E-state index contributed by atoms with van der Waals surface area (Å²) in [6.45, 7) is 6.00. The second-order valence-electron chi connectivity index (χ2n) is 6.33. The highest BCUT2D eigenvalue weighted by Gasteiger charge is 2.20. The second-order valence-corrected chi connectivity index (χ2v) is 6.33. The SMILES string of the molecule is CCOC(=O)c1[nH]c2cc3cc(C(=O)c4ccc[nH]4)[nH]c3c(C)c2c1C. The van der Waals surface area contributed by atoms with E-state index in [0.29, 0.717) is 23.7 Å². The Morgan fingerprint density at radius 3 is 2.58 bits per heavy atom. The first kappa shape index (κ1) is 16.2. The third-order valence-electron chi connectivity index (χ3n) is 4.74. The number of fused-ring (bicyclic) bond motifs is 2. The van der Waals surface area contributed by atoms with Crippen LogP contribution in [-0.2, 0) is 4.74 Å². The van der Waals surface area contributed by atoms with Gasteiger partial charge in [-0.3, -0.25) is 4.79 Å². The molecule has 4 aromatic rings. The molecule has 0 bridgehead atoms. The lowest BCUT2D eigenvalue weighted by Gasteiger charge is -2.02. The molecule has 6 nitrogen and oxygen atoms in total. The number of hydrogen-bond acceptors (Lipinski definition) is 3. The number of aromatic amines is 3. The van der Waals surface area contributed by atoms with Crippen LogP contribution in [0.2, 0.25) is 0 Å². The van der Waals surface area contributed by atoms with Crippen molar-refractivity contribution in [3.05, 3.63) is 58.7 Å². The second kappa shape index (κ2) is 5.91. The molecule has 132 valence electrons. The molecule has 0 atom stereocenters. The number of aromatic nitrogens is 3. The van der Waals surface area contributed by atoms with Crippen molar-refractivity contribution in [2.45, 2.75) is 20.8 Å². The van der Waals surface area contributed by atoms with Crippen molar-refractivity contribution in [2.75, 3.05) is 6.61 Å². The number of carbonyl (C=O) groups excluding carboxylic acids is 2. The Morgan fingerprint density at radius 1 is 1.08 bits per heavy atom. The molecule has 0 amide bonds. The number of H-pyrrole nitrogens is 3. The lowest BCUT2D eigenvalue weighted by Crippen LogP contribution is -2.06. The maximum absolute atomic E-state index is 12.6. The van der Waals surface area contributed by atoms with Crippen molar-refractivity contribution in [2.24, 2.45) is 0 Å². The van der Waals surface area contributed by atoms with Crippen LogP contribution in [0, 0.1) is 13.8 Å². The first-order chi connectivity index (χ1) is 12.5. The smallest absolute Gasteiger partial charge is 0.355 e. The summed E-state index contributed by atoms with van der Waals surface area (Å²) in [4.78, 5) is 34.1. The van der Waals surface area contributed by atoms with Crippen LogP contribution in [0.1, 0.15) is 44.7 Å². The summed E-state index contributed by atoms with van der Waals surface area (Å²) in [6, 6.07) is 7.34. The number of aryl methyl sites for hydroxylation is 2. The van der Waals surface area contributed by atoms with E-state index in [1.54, 1.807) is 25.3 Å².